The summed E-state index contributed by atoms with van der Waals surface area (Å²) in [6, 6.07) is 8.15. The molecule has 102 valence electrons. The summed E-state index contributed by atoms with van der Waals surface area (Å²) in [6.07, 6.45) is 0. The zero-order valence-corrected chi connectivity index (χ0v) is 11.4. The largest absolute Gasteiger partial charge is 0.469 e. The molecule has 0 saturated carbocycles. The highest BCUT2D eigenvalue weighted by Gasteiger charge is 2.20. The number of hydrogen-bond acceptors (Lipinski definition) is 5. The van der Waals surface area contributed by atoms with Crippen molar-refractivity contribution >= 4 is 23.1 Å². The second-order valence-electron chi connectivity index (χ2n) is 4.43. The molecule has 19 heavy (non-hydrogen) atoms. The Balaban J connectivity index is 2.19. The average Bonchev–Trinajstić information content (AvgIpc) is 2.87. The third-order valence-corrected chi connectivity index (χ3v) is 3.03. The fourth-order valence-corrected chi connectivity index (χ4v) is 1.94. The maximum atomic E-state index is 11.5. The first-order chi connectivity index (χ1) is 9.15. The maximum absolute atomic E-state index is 11.5. The Morgan fingerprint density at radius 3 is 2.84 bits per heavy atom. The molecule has 0 saturated heterocycles. The predicted molar refractivity (Wildman–Crippen MR) is 73.1 cm³/mol. The molecule has 0 aliphatic heterocycles. The van der Waals surface area contributed by atoms with Gasteiger partial charge in [-0.3, -0.25) is 4.79 Å². The van der Waals surface area contributed by atoms with E-state index in [1.807, 2.05) is 43.0 Å². The number of nitrogens with zero attached hydrogens (tertiary/aromatic N) is 2. The van der Waals surface area contributed by atoms with Gasteiger partial charge in [-0.25, -0.2) is 0 Å². The minimum Gasteiger partial charge on any atom is -0.469 e. The highest BCUT2D eigenvalue weighted by Crippen LogP contribution is 2.22. The van der Waals surface area contributed by atoms with E-state index in [2.05, 4.69) is 4.98 Å². The summed E-state index contributed by atoms with van der Waals surface area (Å²) >= 11 is 0. The van der Waals surface area contributed by atoms with Crippen molar-refractivity contribution in [2.45, 2.75) is 13.8 Å². The summed E-state index contributed by atoms with van der Waals surface area (Å²) in [6.45, 7) is 5.07. The van der Waals surface area contributed by atoms with Crippen LogP contribution in [0, 0.1) is 5.92 Å². The molecule has 1 unspecified atom stereocenters. The second-order valence-corrected chi connectivity index (χ2v) is 4.43. The Kier molecular flexibility index (Phi) is 4.04. The van der Waals surface area contributed by atoms with E-state index in [1.54, 1.807) is 0 Å². The minimum atomic E-state index is -0.227. The van der Waals surface area contributed by atoms with Crippen LogP contribution in [0.25, 0.3) is 11.1 Å². The SMILES string of the molecule is CCN(CC(C)C(=O)OC)c1nc2ccccc2o1. The molecule has 0 spiro atoms. The molecule has 0 aliphatic carbocycles. The summed E-state index contributed by atoms with van der Waals surface area (Å²) in [5.41, 5.74) is 1.57. The molecule has 1 aromatic carbocycles. The molecule has 1 atom stereocenters. The lowest BCUT2D eigenvalue weighted by atomic mass is 10.2. The van der Waals surface area contributed by atoms with E-state index in [-0.39, 0.29) is 11.9 Å². The van der Waals surface area contributed by atoms with E-state index in [9.17, 15) is 4.79 Å². The molecule has 1 aromatic heterocycles. The van der Waals surface area contributed by atoms with Crippen molar-refractivity contribution in [2.24, 2.45) is 5.92 Å². The standard InChI is InChI=1S/C14H18N2O3/c1-4-16(9-10(2)13(17)18-3)14-15-11-7-5-6-8-12(11)19-14/h5-8,10H,4,9H2,1-3H3. The molecule has 0 bridgehead atoms. The Labute approximate surface area is 112 Å². The number of oxazole rings is 1. The Bertz CT molecular complexity index is 532. The quantitative estimate of drug-likeness (QED) is 0.775. The zero-order chi connectivity index (χ0) is 13.8. The first-order valence-corrected chi connectivity index (χ1v) is 6.34. The summed E-state index contributed by atoms with van der Waals surface area (Å²) in [5, 5.41) is 0. The van der Waals surface area contributed by atoms with Crippen LogP contribution in [0.4, 0.5) is 6.01 Å². The van der Waals surface area contributed by atoms with E-state index >= 15 is 0 Å². The molecular weight excluding hydrogens is 244 g/mol. The predicted octanol–water partition coefficient (Wildman–Crippen LogP) is 2.46. The maximum Gasteiger partial charge on any atom is 0.310 e. The number of rotatable bonds is 5. The number of anilines is 1. The molecule has 1 heterocycles. The summed E-state index contributed by atoms with van der Waals surface area (Å²) in [5.74, 6) is -0.450. The van der Waals surface area contributed by atoms with Crippen molar-refractivity contribution in [3.05, 3.63) is 24.3 Å². The van der Waals surface area contributed by atoms with Gasteiger partial charge in [0.15, 0.2) is 5.58 Å². The molecule has 0 amide bonds. The van der Waals surface area contributed by atoms with Crippen LogP contribution in [-0.2, 0) is 9.53 Å². The zero-order valence-electron chi connectivity index (χ0n) is 11.4. The summed E-state index contributed by atoms with van der Waals surface area (Å²) in [4.78, 5) is 17.8. The Morgan fingerprint density at radius 2 is 2.21 bits per heavy atom. The van der Waals surface area contributed by atoms with E-state index in [1.165, 1.54) is 7.11 Å². The van der Waals surface area contributed by atoms with Crippen molar-refractivity contribution < 1.29 is 13.9 Å². The van der Waals surface area contributed by atoms with Gasteiger partial charge in [0.1, 0.15) is 5.52 Å². The average molecular weight is 262 g/mol. The van der Waals surface area contributed by atoms with Gasteiger partial charge in [0, 0.05) is 13.1 Å². The van der Waals surface area contributed by atoms with Gasteiger partial charge in [-0.1, -0.05) is 19.1 Å². The van der Waals surface area contributed by atoms with Crippen LogP contribution in [-0.4, -0.2) is 31.2 Å². The number of fused-ring (bicyclic) bond motifs is 1. The van der Waals surface area contributed by atoms with Gasteiger partial charge in [0.05, 0.1) is 13.0 Å². The number of carbonyl (C=O) groups is 1. The normalized spacial score (nSPS) is 12.4. The van der Waals surface area contributed by atoms with Crippen molar-refractivity contribution in [3.8, 4) is 0 Å². The lowest BCUT2D eigenvalue weighted by molar-refractivity contribution is -0.144. The molecule has 2 aromatic rings. The number of para-hydroxylation sites is 2. The number of carbonyl (C=O) groups excluding carboxylic acids is 1. The number of esters is 1. The van der Waals surface area contributed by atoms with E-state index in [0.29, 0.717) is 19.1 Å². The first kappa shape index (κ1) is 13.4. The molecule has 0 aliphatic rings. The second kappa shape index (κ2) is 5.73. The molecule has 5 nitrogen and oxygen atoms in total. The van der Waals surface area contributed by atoms with E-state index < -0.39 is 0 Å². The monoisotopic (exact) mass is 262 g/mol. The number of methoxy groups -OCH3 is 1. The number of ether oxygens (including phenoxy) is 1. The van der Waals surface area contributed by atoms with Crippen molar-refractivity contribution in [1.29, 1.82) is 0 Å². The molecule has 0 N–H and O–H groups in total. The smallest absolute Gasteiger partial charge is 0.310 e. The van der Waals surface area contributed by atoms with Gasteiger partial charge >= 0.3 is 5.97 Å². The van der Waals surface area contributed by atoms with Crippen LogP contribution in [0.5, 0.6) is 0 Å². The van der Waals surface area contributed by atoms with E-state index in [4.69, 9.17) is 9.15 Å². The van der Waals surface area contributed by atoms with Gasteiger partial charge in [0.25, 0.3) is 6.01 Å². The highest BCUT2D eigenvalue weighted by molar-refractivity contribution is 5.75. The lowest BCUT2D eigenvalue weighted by Gasteiger charge is -2.21. The highest BCUT2D eigenvalue weighted by atomic mass is 16.5. The molecule has 0 radical (unpaired) electrons. The van der Waals surface area contributed by atoms with Crippen molar-refractivity contribution in [2.75, 3.05) is 25.1 Å². The van der Waals surface area contributed by atoms with E-state index in [0.717, 1.165) is 11.1 Å². The fraction of sp³-hybridized carbons (Fsp3) is 0.429. The summed E-state index contributed by atoms with van der Waals surface area (Å²) < 4.78 is 10.4. The van der Waals surface area contributed by atoms with Gasteiger partial charge in [0.2, 0.25) is 0 Å². The van der Waals surface area contributed by atoms with Crippen LogP contribution >= 0.6 is 0 Å². The van der Waals surface area contributed by atoms with Crippen LogP contribution in [0.15, 0.2) is 28.7 Å². The minimum absolute atomic E-state index is 0.222. The molecular formula is C14H18N2O3. The van der Waals surface area contributed by atoms with Crippen LogP contribution in [0.2, 0.25) is 0 Å². The third-order valence-electron chi connectivity index (χ3n) is 3.03. The van der Waals surface area contributed by atoms with Crippen LogP contribution < -0.4 is 4.90 Å². The Hall–Kier alpha value is -2.04. The third kappa shape index (κ3) is 2.86. The number of aromatic nitrogens is 1. The van der Waals surface area contributed by atoms with Crippen molar-refractivity contribution in [3.63, 3.8) is 0 Å². The van der Waals surface area contributed by atoms with Gasteiger partial charge < -0.3 is 14.1 Å². The summed E-state index contributed by atoms with van der Waals surface area (Å²) in [7, 11) is 1.40. The Morgan fingerprint density at radius 1 is 1.47 bits per heavy atom. The van der Waals surface area contributed by atoms with Gasteiger partial charge in [-0.2, -0.15) is 4.98 Å². The van der Waals surface area contributed by atoms with Crippen LogP contribution in [0.1, 0.15) is 13.8 Å². The number of benzene rings is 1. The molecule has 5 heteroatoms. The topological polar surface area (TPSA) is 55.6 Å². The number of hydrogen-bond donors (Lipinski definition) is 0. The first-order valence-electron chi connectivity index (χ1n) is 6.34. The van der Waals surface area contributed by atoms with Crippen molar-refractivity contribution in [1.82, 2.24) is 4.98 Å². The lowest BCUT2D eigenvalue weighted by Crippen LogP contribution is -2.32. The molecule has 0 fully saturated rings. The van der Waals surface area contributed by atoms with Gasteiger partial charge in [-0.05, 0) is 19.1 Å². The van der Waals surface area contributed by atoms with Crippen LogP contribution in [0.3, 0.4) is 0 Å². The molecule has 2 rings (SSSR count). The van der Waals surface area contributed by atoms with Gasteiger partial charge in [-0.15, -0.1) is 0 Å². The fourth-order valence-electron chi connectivity index (χ4n) is 1.94.